The first-order valence-corrected chi connectivity index (χ1v) is 7.09. The first kappa shape index (κ1) is 16.4. The zero-order valence-electron chi connectivity index (χ0n) is 12.1. The van der Waals surface area contributed by atoms with Crippen LogP contribution in [0.3, 0.4) is 0 Å². The molecule has 118 valence electrons. The lowest BCUT2D eigenvalue weighted by molar-refractivity contribution is -0.133. The van der Waals surface area contributed by atoms with E-state index >= 15 is 0 Å². The second kappa shape index (κ2) is 7.33. The lowest BCUT2D eigenvalue weighted by Gasteiger charge is -2.30. The lowest BCUT2D eigenvalue weighted by atomic mass is 10.1. The monoisotopic (exact) mass is 322 g/mol. The van der Waals surface area contributed by atoms with Crippen LogP contribution in [-0.2, 0) is 11.3 Å². The molecule has 1 amide bonds. The number of carbonyl (C=O) groups is 1. The molecule has 1 unspecified atom stereocenters. The second-order valence-corrected chi connectivity index (χ2v) is 5.25. The number of amides is 1. The van der Waals surface area contributed by atoms with Gasteiger partial charge in [0, 0.05) is 24.7 Å². The molecule has 0 spiro atoms. The van der Waals surface area contributed by atoms with Crippen LogP contribution in [0.25, 0.3) is 11.4 Å². The summed E-state index contributed by atoms with van der Waals surface area (Å²) in [6, 6.07) is 9.65. The molecular weight excluding hydrogens is 304 g/mol. The van der Waals surface area contributed by atoms with E-state index in [1.807, 2.05) is 30.3 Å². The summed E-state index contributed by atoms with van der Waals surface area (Å²) in [6.07, 6.45) is 1.93. The molecule has 2 heterocycles. The van der Waals surface area contributed by atoms with E-state index in [0.717, 1.165) is 24.9 Å². The summed E-state index contributed by atoms with van der Waals surface area (Å²) >= 11 is 0. The Morgan fingerprint density at radius 3 is 2.82 bits per heavy atom. The van der Waals surface area contributed by atoms with Crippen molar-refractivity contribution in [1.82, 2.24) is 25.1 Å². The predicted octanol–water partition coefficient (Wildman–Crippen LogP) is 0.712. The van der Waals surface area contributed by atoms with Crippen LogP contribution < -0.4 is 5.73 Å². The Balaban J connectivity index is 0.00000176. The molecule has 8 heteroatoms. The highest BCUT2D eigenvalue weighted by Gasteiger charge is 2.22. The van der Waals surface area contributed by atoms with E-state index in [1.165, 1.54) is 4.80 Å². The van der Waals surface area contributed by atoms with E-state index in [4.69, 9.17) is 5.73 Å². The van der Waals surface area contributed by atoms with Crippen LogP contribution >= 0.6 is 12.4 Å². The molecule has 1 saturated heterocycles. The smallest absolute Gasteiger partial charge is 0.246 e. The molecule has 1 aromatic heterocycles. The van der Waals surface area contributed by atoms with E-state index in [9.17, 15) is 4.79 Å². The lowest BCUT2D eigenvalue weighted by Crippen LogP contribution is -2.46. The van der Waals surface area contributed by atoms with Crippen LogP contribution in [0.2, 0.25) is 0 Å². The Hall–Kier alpha value is -1.99. The van der Waals surface area contributed by atoms with Crippen LogP contribution in [-0.4, -0.2) is 50.1 Å². The number of likely N-dealkylation sites (tertiary alicyclic amines) is 1. The normalized spacial score (nSPS) is 17.9. The van der Waals surface area contributed by atoms with E-state index in [-0.39, 0.29) is 30.9 Å². The average Bonchev–Trinajstić information content (AvgIpc) is 2.97. The van der Waals surface area contributed by atoms with Crippen LogP contribution in [0.4, 0.5) is 0 Å². The average molecular weight is 323 g/mol. The largest absolute Gasteiger partial charge is 0.339 e. The number of benzene rings is 1. The molecule has 0 aliphatic carbocycles. The molecule has 0 saturated carbocycles. The molecule has 0 bridgehead atoms. The number of hydrogen-bond donors (Lipinski definition) is 1. The van der Waals surface area contributed by atoms with Crippen molar-refractivity contribution in [2.45, 2.75) is 25.4 Å². The van der Waals surface area contributed by atoms with Gasteiger partial charge in [0.05, 0.1) is 0 Å². The Morgan fingerprint density at radius 2 is 2.09 bits per heavy atom. The van der Waals surface area contributed by atoms with Crippen molar-refractivity contribution >= 4 is 18.3 Å². The quantitative estimate of drug-likeness (QED) is 0.899. The van der Waals surface area contributed by atoms with Crippen LogP contribution in [0, 0.1) is 0 Å². The SMILES string of the molecule is Cl.NC1CCCN(C(=O)Cn2nnc(-c3ccccc3)n2)C1. The fraction of sp³-hybridized carbons (Fsp3) is 0.429. The minimum absolute atomic E-state index is 0. The van der Waals surface area contributed by atoms with Gasteiger partial charge >= 0.3 is 0 Å². The minimum Gasteiger partial charge on any atom is -0.339 e. The number of carbonyl (C=O) groups excluding carboxylic acids is 1. The van der Waals surface area contributed by atoms with Gasteiger partial charge in [-0.3, -0.25) is 4.79 Å². The second-order valence-electron chi connectivity index (χ2n) is 5.25. The van der Waals surface area contributed by atoms with Crippen molar-refractivity contribution in [3.05, 3.63) is 30.3 Å². The molecule has 1 aliphatic heterocycles. The topological polar surface area (TPSA) is 89.9 Å². The minimum atomic E-state index is -0.0119. The predicted molar refractivity (Wildman–Crippen MR) is 84.3 cm³/mol. The summed E-state index contributed by atoms with van der Waals surface area (Å²) in [6.45, 7) is 1.47. The number of hydrogen-bond acceptors (Lipinski definition) is 5. The molecule has 2 aromatic rings. The number of tetrazole rings is 1. The summed E-state index contributed by atoms with van der Waals surface area (Å²) in [7, 11) is 0. The Bertz CT molecular complexity index is 617. The number of piperidine rings is 1. The number of halogens is 1. The molecule has 22 heavy (non-hydrogen) atoms. The van der Waals surface area contributed by atoms with Crippen molar-refractivity contribution in [3.8, 4) is 11.4 Å². The summed E-state index contributed by atoms with van der Waals surface area (Å²) in [5.74, 6) is 0.515. The van der Waals surface area contributed by atoms with Gasteiger partial charge in [-0.1, -0.05) is 30.3 Å². The number of rotatable bonds is 3. The van der Waals surface area contributed by atoms with E-state index in [1.54, 1.807) is 4.90 Å². The van der Waals surface area contributed by atoms with Gasteiger partial charge in [-0.25, -0.2) is 0 Å². The molecule has 1 aromatic carbocycles. The summed E-state index contributed by atoms with van der Waals surface area (Å²) in [5.41, 5.74) is 6.78. The first-order valence-electron chi connectivity index (χ1n) is 7.09. The highest BCUT2D eigenvalue weighted by atomic mass is 35.5. The maximum Gasteiger partial charge on any atom is 0.246 e. The van der Waals surface area contributed by atoms with Gasteiger partial charge in [0.1, 0.15) is 6.54 Å². The van der Waals surface area contributed by atoms with Gasteiger partial charge in [0.25, 0.3) is 0 Å². The summed E-state index contributed by atoms with van der Waals surface area (Å²) in [4.78, 5) is 15.3. The summed E-state index contributed by atoms with van der Waals surface area (Å²) < 4.78 is 0. The fourth-order valence-corrected chi connectivity index (χ4v) is 2.47. The van der Waals surface area contributed by atoms with Crippen molar-refractivity contribution in [3.63, 3.8) is 0 Å². The van der Waals surface area contributed by atoms with Crippen molar-refractivity contribution < 1.29 is 4.79 Å². The maximum absolute atomic E-state index is 12.2. The van der Waals surface area contributed by atoms with Crippen LogP contribution in [0.1, 0.15) is 12.8 Å². The zero-order valence-corrected chi connectivity index (χ0v) is 12.9. The standard InChI is InChI=1S/C14H18N6O.ClH/c15-12-7-4-8-19(9-12)13(21)10-20-17-14(16-18-20)11-5-2-1-3-6-11;/h1-3,5-6,12H,4,7-10,15H2;1H. The Morgan fingerprint density at radius 1 is 1.32 bits per heavy atom. The van der Waals surface area contributed by atoms with Gasteiger partial charge in [-0.15, -0.1) is 22.6 Å². The number of nitrogens with two attached hydrogens (primary N) is 1. The molecule has 7 nitrogen and oxygen atoms in total. The maximum atomic E-state index is 12.2. The molecule has 1 aliphatic rings. The Kier molecular flexibility index (Phi) is 5.46. The van der Waals surface area contributed by atoms with E-state index in [2.05, 4.69) is 15.4 Å². The highest BCUT2D eigenvalue weighted by molar-refractivity contribution is 5.85. The molecule has 2 N–H and O–H groups in total. The third kappa shape index (κ3) is 3.80. The van der Waals surface area contributed by atoms with Crippen molar-refractivity contribution in [2.24, 2.45) is 5.73 Å². The summed E-state index contributed by atoms with van der Waals surface area (Å²) in [5, 5.41) is 12.2. The third-order valence-corrected chi connectivity index (χ3v) is 3.57. The number of aromatic nitrogens is 4. The van der Waals surface area contributed by atoms with Crippen molar-refractivity contribution in [1.29, 1.82) is 0 Å². The van der Waals surface area contributed by atoms with Crippen LogP contribution in [0.5, 0.6) is 0 Å². The fourth-order valence-electron chi connectivity index (χ4n) is 2.47. The van der Waals surface area contributed by atoms with Crippen molar-refractivity contribution in [2.75, 3.05) is 13.1 Å². The first-order chi connectivity index (χ1) is 10.2. The van der Waals surface area contributed by atoms with Gasteiger partial charge in [-0.05, 0) is 18.1 Å². The van der Waals surface area contributed by atoms with E-state index in [0.29, 0.717) is 12.4 Å². The van der Waals surface area contributed by atoms with E-state index < -0.39 is 0 Å². The zero-order chi connectivity index (χ0) is 14.7. The van der Waals surface area contributed by atoms with Gasteiger partial charge < -0.3 is 10.6 Å². The molecule has 3 rings (SSSR count). The highest BCUT2D eigenvalue weighted by Crippen LogP contribution is 2.12. The van der Waals surface area contributed by atoms with Gasteiger partial charge in [-0.2, -0.15) is 4.80 Å². The molecule has 1 fully saturated rings. The number of nitrogens with zero attached hydrogens (tertiary/aromatic N) is 5. The molecule has 0 radical (unpaired) electrons. The Labute approximate surface area is 134 Å². The molecule has 1 atom stereocenters. The third-order valence-electron chi connectivity index (χ3n) is 3.57. The van der Waals surface area contributed by atoms with Gasteiger partial charge in [0.2, 0.25) is 11.7 Å². The molecular formula is C14H19ClN6O. The van der Waals surface area contributed by atoms with Gasteiger partial charge in [0.15, 0.2) is 0 Å². The van der Waals surface area contributed by atoms with Crippen LogP contribution in [0.15, 0.2) is 30.3 Å².